The smallest absolute Gasteiger partial charge is 0.417 e. The van der Waals surface area contributed by atoms with Crippen LogP contribution in [-0.4, -0.2) is 18.1 Å². The summed E-state index contributed by atoms with van der Waals surface area (Å²) in [7, 11) is 0. The summed E-state index contributed by atoms with van der Waals surface area (Å²) in [5, 5.41) is 0. The van der Waals surface area contributed by atoms with Gasteiger partial charge in [0.25, 0.3) is 0 Å². The second kappa shape index (κ2) is 7.67. The number of ketones is 1. The van der Waals surface area contributed by atoms with Crippen molar-refractivity contribution in [3.05, 3.63) is 29.3 Å². The third-order valence-corrected chi connectivity index (χ3v) is 7.59. The molecule has 0 saturated heterocycles. The number of rotatable bonds is 8. The zero-order valence-corrected chi connectivity index (χ0v) is 15.0. The van der Waals surface area contributed by atoms with Crippen molar-refractivity contribution in [1.29, 1.82) is 0 Å². The first-order valence-corrected chi connectivity index (χ1v) is 10.9. The summed E-state index contributed by atoms with van der Waals surface area (Å²) < 4.78 is 24.1. The third-order valence-electron chi connectivity index (χ3n) is 3.65. The Morgan fingerprint density at radius 1 is 1.32 bits per heavy atom. The molecule has 22 heavy (non-hydrogen) atoms. The van der Waals surface area contributed by atoms with Crippen LogP contribution in [0.3, 0.4) is 0 Å². The lowest BCUT2D eigenvalue weighted by molar-refractivity contribution is 0.0988. The summed E-state index contributed by atoms with van der Waals surface area (Å²) >= 11 is 1.22. The standard InChI is InChI=1S/C16H23O4PS/c1-4-10-22-21(18,19-6-3)20-15-9-7-8-13-14(17)11-12(5-2)16(13)15/h7-9,12H,4-6,10-11H2,1-3H3. The Hall–Kier alpha value is -0.770. The maximum Gasteiger partial charge on any atom is 0.440 e. The van der Waals surface area contributed by atoms with Crippen LogP contribution in [0.5, 0.6) is 5.75 Å². The van der Waals surface area contributed by atoms with Gasteiger partial charge in [-0.2, -0.15) is 0 Å². The molecule has 0 aromatic heterocycles. The molecule has 0 spiro atoms. The Labute approximate surface area is 136 Å². The Kier molecular flexibility index (Phi) is 6.13. The average molecular weight is 342 g/mol. The molecule has 2 atom stereocenters. The first kappa shape index (κ1) is 17.6. The van der Waals surface area contributed by atoms with Gasteiger partial charge in [-0.3, -0.25) is 9.32 Å². The van der Waals surface area contributed by atoms with Crippen molar-refractivity contribution in [2.24, 2.45) is 0 Å². The van der Waals surface area contributed by atoms with Crippen molar-refractivity contribution in [3.63, 3.8) is 0 Å². The highest BCUT2D eigenvalue weighted by molar-refractivity contribution is 8.55. The van der Waals surface area contributed by atoms with E-state index in [0.29, 0.717) is 30.1 Å². The van der Waals surface area contributed by atoms with Crippen LogP contribution in [-0.2, 0) is 9.09 Å². The maximum atomic E-state index is 12.9. The molecular weight excluding hydrogens is 319 g/mol. The highest BCUT2D eigenvalue weighted by Gasteiger charge is 2.34. The van der Waals surface area contributed by atoms with E-state index >= 15 is 0 Å². The van der Waals surface area contributed by atoms with Crippen LogP contribution in [0, 0.1) is 0 Å². The highest BCUT2D eigenvalue weighted by Crippen LogP contribution is 2.61. The number of fused-ring (bicyclic) bond motifs is 1. The average Bonchev–Trinajstić information content (AvgIpc) is 2.83. The second-order valence-electron chi connectivity index (χ2n) is 5.24. The van der Waals surface area contributed by atoms with Crippen LogP contribution in [0.25, 0.3) is 0 Å². The van der Waals surface area contributed by atoms with Crippen molar-refractivity contribution < 1.29 is 18.4 Å². The van der Waals surface area contributed by atoms with Crippen molar-refractivity contribution in [1.82, 2.24) is 0 Å². The number of Topliss-reactive ketones (excluding diaryl/α,β-unsaturated/α-hetero) is 1. The summed E-state index contributed by atoms with van der Waals surface area (Å²) in [4.78, 5) is 12.1. The van der Waals surface area contributed by atoms with Gasteiger partial charge in [0.1, 0.15) is 5.75 Å². The Balaban J connectivity index is 2.33. The SMILES string of the molecule is CCCSP(=O)(OCC)Oc1cccc2c1C(CC)CC2=O. The lowest BCUT2D eigenvalue weighted by Crippen LogP contribution is -2.01. The number of carbonyl (C=O) groups excluding carboxylic acids is 1. The fourth-order valence-corrected chi connectivity index (χ4v) is 6.10. The summed E-state index contributed by atoms with van der Waals surface area (Å²) in [5.41, 5.74) is 1.60. The van der Waals surface area contributed by atoms with Crippen LogP contribution in [0.2, 0.25) is 0 Å². The van der Waals surface area contributed by atoms with Crippen molar-refractivity contribution >= 4 is 24.0 Å². The van der Waals surface area contributed by atoms with Gasteiger partial charge < -0.3 is 4.52 Å². The zero-order chi connectivity index (χ0) is 16.2. The normalized spacial score (nSPS) is 19.8. The molecule has 0 saturated carbocycles. The van der Waals surface area contributed by atoms with Gasteiger partial charge in [0.2, 0.25) is 0 Å². The monoisotopic (exact) mass is 342 g/mol. The molecule has 1 aromatic rings. The number of hydrogen-bond donors (Lipinski definition) is 0. The molecule has 0 amide bonds. The van der Waals surface area contributed by atoms with Crippen LogP contribution < -0.4 is 4.52 Å². The van der Waals surface area contributed by atoms with Gasteiger partial charge in [-0.05, 0) is 43.1 Å². The topological polar surface area (TPSA) is 52.6 Å². The fourth-order valence-electron chi connectivity index (χ4n) is 2.64. The quantitative estimate of drug-likeness (QED) is 0.589. The second-order valence-corrected chi connectivity index (χ2v) is 9.36. The third kappa shape index (κ3) is 3.76. The van der Waals surface area contributed by atoms with E-state index in [1.54, 1.807) is 19.1 Å². The predicted molar refractivity (Wildman–Crippen MR) is 91.0 cm³/mol. The minimum absolute atomic E-state index is 0.139. The van der Waals surface area contributed by atoms with E-state index in [9.17, 15) is 9.36 Å². The minimum Gasteiger partial charge on any atom is -0.417 e. The van der Waals surface area contributed by atoms with E-state index in [1.165, 1.54) is 11.4 Å². The van der Waals surface area contributed by atoms with Crippen molar-refractivity contribution in [2.75, 3.05) is 12.4 Å². The molecule has 122 valence electrons. The molecule has 0 radical (unpaired) electrons. The molecule has 2 rings (SSSR count). The van der Waals surface area contributed by atoms with Crippen LogP contribution >= 0.6 is 18.2 Å². The van der Waals surface area contributed by atoms with E-state index in [1.807, 2.05) is 13.0 Å². The van der Waals surface area contributed by atoms with Gasteiger partial charge in [-0.1, -0.05) is 26.0 Å². The van der Waals surface area contributed by atoms with Crippen LogP contribution in [0.4, 0.5) is 0 Å². The Morgan fingerprint density at radius 3 is 2.73 bits per heavy atom. The van der Waals surface area contributed by atoms with Crippen molar-refractivity contribution in [2.45, 2.75) is 46.0 Å². The van der Waals surface area contributed by atoms with Gasteiger partial charge in [-0.25, -0.2) is 4.57 Å². The highest BCUT2D eigenvalue weighted by atomic mass is 32.7. The molecule has 1 aliphatic carbocycles. The van der Waals surface area contributed by atoms with Gasteiger partial charge in [0, 0.05) is 23.3 Å². The molecule has 0 N–H and O–H groups in total. The maximum absolute atomic E-state index is 12.9. The minimum atomic E-state index is -3.24. The first-order valence-electron chi connectivity index (χ1n) is 7.79. The molecule has 1 aromatic carbocycles. The lowest BCUT2D eigenvalue weighted by Gasteiger charge is -2.20. The number of benzene rings is 1. The Morgan fingerprint density at radius 2 is 2.09 bits per heavy atom. The molecular formula is C16H23O4PS. The van der Waals surface area contributed by atoms with E-state index in [-0.39, 0.29) is 11.7 Å². The number of carbonyl (C=O) groups is 1. The molecule has 0 fully saturated rings. The molecule has 0 aliphatic heterocycles. The molecule has 4 nitrogen and oxygen atoms in total. The van der Waals surface area contributed by atoms with E-state index in [2.05, 4.69) is 6.92 Å². The predicted octanol–water partition coefficient (Wildman–Crippen LogP) is 5.43. The fraction of sp³-hybridized carbons (Fsp3) is 0.562. The van der Waals surface area contributed by atoms with Crippen LogP contribution in [0.15, 0.2) is 18.2 Å². The summed E-state index contributed by atoms with van der Waals surface area (Å²) in [6.45, 7) is 2.97. The van der Waals surface area contributed by atoms with Gasteiger partial charge in [0.05, 0.1) is 6.61 Å². The van der Waals surface area contributed by atoms with Crippen molar-refractivity contribution in [3.8, 4) is 5.75 Å². The summed E-state index contributed by atoms with van der Waals surface area (Å²) in [5.74, 6) is 1.53. The van der Waals surface area contributed by atoms with Crippen LogP contribution in [0.1, 0.15) is 61.9 Å². The molecule has 1 aliphatic rings. The van der Waals surface area contributed by atoms with Gasteiger partial charge in [0.15, 0.2) is 5.78 Å². The molecule has 2 unspecified atom stereocenters. The summed E-state index contributed by atoms with van der Waals surface area (Å²) in [6.07, 6.45) is 2.27. The van der Waals surface area contributed by atoms with Gasteiger partial charge >= 0.3 is 6.80 Å². The molecule has 6 heteroatoms. The first-order chi connectivity index (χ1) is 10.5. The van der Waals surface area contributed by atoms with Gasteiger partial charge in [-0.15, -0.1) is 0 Å². The number of hydrogen-bond acceptors (Lipinski definition) is 5. The molecule has 0 bridgehead atoms. The largest absolute Gasteiger partial charge is 0.440 e. The van der Waals surface area contributed by atoms with E-state index < -0.39 is 6.80 Å². The zero-order valence-electron chi connectivity index (χ0n) is 13.3. The lowest BCUT2D eigenvalue weighted by atomic mass is 9.98. The summed E-state index contributed by atoms with van der Waals surface area (Å²) in [6, 6.07) is 5.40. The Bertz CT molecular complexity index is 588. The molecule has 0 heterocycles. The van der Waals surface area contributed by atoms with E-state index in [0.717, 1.165) is 18.4 Å². The van der Waals surface area contributed by atoms with E-state index in [4.69, 9.17) is 9.05 Å².